The molecule has 0 aliphatic rings. The van der Waals surface area contributed by atoms with E-state index in [0.717, 1.165) is 12.2 Å². The van der Waals surface area contributed by atoms with Crippen LogP contribution in [0.2, 0.25) is 0 Å². The number of carbonyl (C=O) groups excluding carboxylic acids is 3. The summed E-state index contributed by atoms with van der Waals surface area (Å²) in [6, 6.07) is -0.696. The van der Waals surface area contributed by atoms with Gasteiger partial charge in [-0.05, 0) is 6.92 Å². The minimum absolute atomic E-state index is 0.0189. The molecule has 2 amide bonds. The number of amides is 2. The van der Waals surface area contributed by atoms with Crippen LogP contribution in [0.5, 0.6) is 0 Å². The van der Waals surface area contributed by atoms with E-state index in [2.05, 4.69) is 14.8 Å². The quantitative estimate of drug-likeness (QED) is 0.357. The maximum Gasteiger partial charge on any atom is 0.331 e. The molecule has 0 bridgehead atoms. The Hall–Kier alpha value is -2.05. The summed E-state index contributed by atoms with van der Waals surface area (Å²) in [5.74, 6) is -1.31. The van der Waals surface area contributed by atoms with Crippen molar-refractivity contribution >= 4 is 18.0 Å². The number of rotatable bonds is 6. The van der Waals surface area contributed by atoms with E-state index in [1.165, 1.54) is 0 Å². The Bertz CT molecular complexity index is 288. The number of carbonyl (C=O) groups is 3. The van der Waals surface area contributed by atoms with Gasteiger partial charge >= 0.3 is 18.0 Å². The Labute approximate surface area is 92.6 Å². The number of hydrogen-bond acceptors (Lipinski definition) is 5. The van der Waals surface area contributed by atoms with E-state index in [1.54, 1.807) is 6.92 Å². The van der Waals surface area contributed by atoms with Crippen LogP contribution in [-0.4, -0.2) is 37.7 Å². The van der Waals surface area contributed by atoms with Gasteiger partial charge in [-0.1, -0.05) is 0 Å². The number of nitrogens with two attached hydrogens (primary N) is 1. The third kappa shape index (κ3) is 8.54. The molecule has 0 unspecified atom stereocenters. The Morgan fingerprint density at radius 1 is 1.19 bits per heavy atom. The second-order valence-electron chi connectivity index (χ2n) is 2.54. The molecule has 0 heterocycles. The third-order valence-corrected chi connectivity index (χ3v) is 1.29. The van der Waals surface area contributed by atoms with E-state index >= 15 is 0 Å². The molecule has 90 valence electrons. The maximum atomic E-state index is 10.9. The summed E-state index contributed by atoms with van der Waals surface area (Å²) in [6.45, 7) is 1.99. The van der Waals surface area contributed by atoms with Crippen LogP contribution in [0.15, 0.2) is 12.2 Å². The topological polar surface area (TPSA) is 108 Å². The molecule has 0 saturated heterocycles. The minimum atomic E-state index is -0.696. The molecule has 7 heteroatoms. The van der Waals surface area contributed by atoms with Gasteiger partial charge in [-0.25, -0.2) is 14.4 Å². The van der Waals surface area contributed by atoms with Gasteiger partial charge in [-0.3, -0.25) is 0 Å². The van der Waals surface area contributed by atoms with Gasteiger partial charge in [-0.15, -0.1) is 0 Å². The second kappa shape index (κ2) is 8.27. The first-order chi connectivity index (χ1) is 7.56. The largest absolute Gasteiger partial charge is 0.463 e. The van der Waals surface area contributed by atoms with E-state index in [1.807, 2.05) is 0 Å². The second-order valence-corrected chi connectivity index (χ2v) is 2.54. The van der Waals surface area contributed by atoms with Crippen molar-refractivity contribution in [3.63, 3.8) is 0 Å². The third-order valence-electron chi connectivity index (χ3n) is 1.29. The molecule has 0 aliphatic carbocycles. The van der Waals surface area contributed by atoms with Gasteiger partial charge in [0.05, 0.1) is 13.2 Å². The zero-order valence-corrected chi connectivity index (χ0v) is 8.89. The van der Waals surface area contributed by atoms with E-state index in [9.17, 15) is 14.4 Å². The summed E-state index contributed by atoms with van der Waals surface area (Å²) < 4.78 is 9.16. The Balaban J connectivity index is 3.65. The Kier molecular flexibility index (Phi) is 7.21. The SMILES string of the molecule is CCOC(=O)/C=C/C(=O)OCCNC(N)=O. The molecule has 0 fully saturated rings. The average Bonchev–Trinajstić information content (AvgIpc) is 2.22. The number of urea groups is 1. The number of nitrogens with one attached hydrogen (secondary N) is 1. The van der Waals surface area contributed by atoms with Gasteiger partial charge in [0.2, 0.25) is 0 Å². The number of esters is 2. The van der Waals surface area contributed by atoms with Crippen molar-refractivity contribution in [2.45, 2.75) is 6.92 Å². The molecule has 0 aliphatic heterocycles. The Morgan fingerprint density at radius 3 is 2.25 bits per heavy atom. The van der Waals surface area contributed by atoms with Gasteiger partial charge in [0.25, 0.3) is 0 Å². The summed E-state index contributed by atoms with van der Waals surface area (Å²) in [7, 11) is 0. The fourth-order valence-electron chi connectivity index (χ4n) is 0.700. The van der Waals surface area contributed by atoms with Crippen LogP contribution in [-0.2, 0) is 19.1 Å². The normalized spacial score (nSPS) is 9.81. The average molecular weight is 230 g/mol. The molecular formula is C9H14N2O5. The molecule has 16 heavy (non-hydrogen) atoms. The highest BCUT2D eigenvalue weighted by Crippen LogP contribution is 1.85. The fourth-order valence-corrected chi connectivity index (χ4v) is 0.700. The first-order valence-corrected chi connectivity index (χ1v) is 4.61. The van der Waals surface area contributed by atoms with Gasteiger partial charge in [0.15, 0.2) is 0 Å². The summed E-state index contributed by atoms with van der Waals surface area (Å²) >= 11 is 0. The molecule has 0 aromatic carbocycles. The first kappa shape index (κ1) is 13.9. The molecule has 0 rings (SSSR count). The highest BCUT2D eigenvalue weighted by Gasteiger charge is 2.00. The zero-order valence-electron chi connectivity index (χ0n) is 8.89. The van der Waals surface area contributed by atoms with Gasteiger partial charge in [0, 0.05) is 12.2 Å². The smallest absolute Gasteiger partial charge is 0.331 e. The molecule has 0 radical (unpaired) electrons. The molecule has 0 spiro atoms. The van der Waals surface area contributed by atoms with Crippen molar-refractivity contribution < 1.29 is 23.9 Å². The number of hydrogen-bond donors (Lipinski definition) is 2. The van der Waals surface area contributed by atoms with Crippen molar-refractivity contribution in [1.82, 2.24) is 5.32 Å². The van der Waals surface area contributed by atoms with Crippen molar-refractivity contribution in [3.8, 4) is 0 Å². The minimum Gasteiger partial charge on any atom is -0.463 e. The lowest BCUT2D eigenvalue weighted by molar-refractivity contribution is -0.140. The molecule has 0 atom stereocenters. The maximum absolute atomic E-state index is 10.9. The van der Waals surface area contributed by atoms with Crippen LogP contribution in [0, 0.1) is 0 Å². The van der Waals surface area contributed by atoms with Gasteiger partial charge in [0.1, 0.15) is 6.61 Å². The first-order valence-electron chi connectivity index (χ1n) is 4.61. The number of primary amides is 1. The van der Waals surface area contributed by atoms with Crippen LogP contribution in [0.1, 0.15) is 6.92 Å². The lowest BCUT2D eigenvalue weighted by Crippen LogP contribution is -2.32. The van der Waals surface area contributed by atoms with Gasteiger partial charge in [-0.2, -0.15) is 0 Å². The summed E-state index contributed by atoms with van der Waals surface area (Å²) in [5.41, 5.74) is 4.78. The highest BCUT2D eigenvalue weighted by atomic mass is 16.5. The van der Waals surface area contributed by atoms with Crippen LogP contribution < -0.4 is 11.1 Å². The predicted molar refractivity (Wildman–Crippen MR) is 54.3 cm³/mol. The molecule has 0 aromatic rings. The molecule has 0 aromatic heterocycles. The molecule has 7 nitrogen and oxygen atoms in total. The molecule has 0 saturated carbocycles. The standard InChI is InChI=1S/C9H14N2O5/c1-2-15-7(12)3-4-8(13)16-6-5-11-9(10)14/h3-4H,2,5-6H2,1H3,(H3,10,11,14)/b4-3+. The van der Waals surface area contributed by atoms with Crippen molar-refractivity contribution in [1.29, 1.82) is 0 Å². The van der Waals surface area contributed by atoms with E-state index in [0.29, 0.717) is 0 Å². The highest BCUT2D eigenvalue weighted by molar-refractivity contribution is 5.91. The summed E-state index contributed by atoms with van der Waals surface area (Å²) in [4.78, 5) is 31.9. The lowest BCUT2D eigenvalue weighted by Gasteiger charge is -2.01. The Morgan fingerprint density at radius 2 is 1.75 bits per heavy atom. The lowest BCUT2D eigenvalue weighted by atomic mass is 10.5. The van der Waals surface area contributed by atoms with Crippen LogP contribution in [0.4, 0.5) is 4.79 Å². The van der Waals surface area contributed by atoms with E-state index < -0.39 is 18.0 Å². The molecular weight excluding hydrogens is 216 g/mol. The van der Waals surface area contributed by atoms with E-state index in [4.69, 9.17) is 5.73 Å². The zero-order chi connectivity index (χ0) is 12.4. The van der Waals surface area contributed by atoms with Crippen LogP contribution >= 0.6 is 0 Å². The predicted octanol–water partition coefficient (Wildman–Crippen LogP) is -0.683. The van der Waals surface area contributed by atoms with Crippen LogP contribution in [0.3, 0.4) is 0 Å². The van der Waals surface area contributed by atoms with Crippen molar-refractivity contribution in [2.24, 2.45) is 5.73 Å². The molecule has 3 N–H and O–H groups in total. The van der Waals surface area contributed by atoms with Crippen molar-refractivity contribution in [2.75, 3.05) is 19.8 Å². The fraction of sp³-hybridized carbons (Fsp3) is 0.444. The van der Waals surface area contributed by atoms with Gasteiger partial charge < -0.3 is 20.5 Å². The monoisotopic (exact) mass is 230 g/mol. The van der Waals surface area contributed by atoms with E-state index in [-0.39, 0.29) is 19.8 Å². The van der Waals surface area contributed by atoms with Crippen LogP contribution in [0.25, 0.3) is 0 Å². The summed E-state index contributed by atoms with van der Waals surface area (Å²) in [6.07, 6.45) is 1.91. The summed E-state index contributed by atoms with van der Waals surface area (Å²) in [5, 5.41) is 2.23. The number of ether oxygens (including phenoxy) is 2. The van der Waals surface area contributed by atoms with Crippen molar-refractivity contribution in [3.05, 3.63) is 12.2 Å².